The first-order valence-electron chi connectivity index (χ1n) is 10.5. The van der Waals surface area contributed by atoms with Crippen molar-refractivity contribution in [1.29, 1.82) is 0 Å². The molecule has 30 heavy (non-hydrogen) atoms. The Morgan fingerprint density at radius 3 is 1.90 bits per heavy atom. The minimum atomic E-state index is -0.780. The Balaban J connectivity index is 1.45. The molecule has 1 fully saturated rings. The van der Waals surface area contributed by atoms with Crippen LogP contribution < -0.4 is 0 Å². The number of imide groups is 1. The Hall–Kier alpha value is -2.99. The van der Waals surface area contributed by atoms with Gasteiger partial charge in [0.05, 0.1) is 11.1 Å². The molecule has 3 amide bonds. The van der Waals surface area contributed by atoms with E-state index in [1.54, 1.807) is 29.2 Å². The summed E-state index contributed by atoms with van der Waals surface area (Å²) in [5, 5.41) is 0. The standard InChI is InChI=1S/C24H27N3O3/c1-17(2)21(27-22(28)19-10-6-7-11-20(19)23(27)29)24(30)26-14-12-25(13-15-26)16-18-8-4-3-5-9-18/h3-11,17,21H,12-16H2,1-2H3. The van der Waals surface area contributed by atoms with E-state index in [9.17, 15) is 14.4 Å². The highest BCUT2D eigenvalue weighted by Crippen LogP contribution is 2.28. The molecule has 0 N–H and O–H groups in total. The Bertz CT molecular complexity index is 914. The van der Waals surface area contributed by atoms with Crippen LogP contribution in [0.5, 0.6) is 0 Å². The quantitative estimate of drug-likeness (QED) is 0.718. The fourth-order valence-electron chi connectivity index (χ4n) is 4.31. The molecule has 6 heteroatoms. The molecule has 1 unspecified atom stereocenters. The molecule has 2 aromatic carbocycles. The highest BCUT2D eigenvalue weighted by Gasteiger charge is 2.45. The van der Waals surface area contributed by atoms with Gasteiger partial charge in [0.15, 0.2) is 0 Å². The molecular formula is C24H27N3O3. The van der Waals surface area contributed by atoms with Crippen molar-refractivity contribution in [2.45, 2.75) is 26.4 Å². The number of hydrogen-bond donors (Lipinski definition) is 0. The second-order valence-electron chi connectivity index (χ2n) is 8.30. The number of fused-ring (bicyclic) bond motifs is 1. The number of rotatable bonds is 5. The predicted octanol–water partition coefficient (Wildman–Crippen LogP) is 2.65. The van der Waals surface area contributed by atoms with Gasteiger partial charge in [-0.1, -0.05) is 56.3 Å². The number of hydrogen-bond acceptors (Lipinski definition) is 4. The fourth-order valence-corrected chi connectivity index (χ4v) is 4.31. The van der Waals surface area contributed by atoms with Crippen molar-refractivity contribution in [2.75, 3.05) is 26.2 Å². The molecule has 2 aromatic rings. The van der Waals surface area contributed by atoms with Crippen LogP contribution in [0.4, 0.5) is 0 Å². The van der Waals surface area contributed by atoms with E-state index >= 15 is 0 Å². The topological polar surface area (TPSA) is 60.9 Å². The van der Waals surface area contributed by atoms with Gasteiger partial charge < -0.3 is 4.90 Å². The molecular weight excluding hydrogens is 378 g/mol. The molecule has 156 valence electrons. The average Bonchev–Trinajstić information content (AvgIpc) is 3.00. The maximum Gasteiger partial charge on any atom is 0.262 e. The van der Waals surface area contributed by atoms with Crippen molar-refractivity contribution in [3.05, 3.63) is 71.3 Å². The van der Waals surface area contributed by atoms with Gasteiger partial charge in [0.2, 0.25) is 5.91 Å². The summed E-state index contributed by atoms with van der Waals surface area (Å²) in [7, 11) is 0. The summed E-state index contributed by atoms with van der Waals surface area (Å²) in [5.74, 6) is -1.04. The predicted molar refractivity (Wildman–Crippen MR) is 114 cm³/mol. The highest BCUT2D eigenvalue weighted by atomic mass is 16.2. The first kappa shape index (κ1) is 20.3. The summed E-state index contributed by atoms with van der Waals surface area (Å²) < 4.78 is 0. The summed E-state index contributed by atoms with van der Waals surface area (Å²) in [6.07, 6.45) is 0. The van der Waals surface area contributed by atoms with Gasteiger partial charge in [-0.15, -0.1) is 0 Å². The second-order valence-corrected chi connectivity index (χ2v) is 8.30. The van der Waals surface area contributed by atoms with Gasteiger partial charge in [-0.25, -0.2) is 0 Å². The molecule has 0 saturated carbocycles. The largest absolute Gasteiger partial charge is 0.338 e. The lowest BCUT2D eigenvalue weighted by Gasteiger charge is -2.38. The van der Waals surface area contributed by atoms with Gasteiger partial charge in [0, 0.05) is 32.7 Å². The average molecular weight is 405 g/mol. The van der Waals surface area contributed by atoms with Crippen molar-refractivity contribution >= 4 is 17.7 Å². The van der Waals surface area contributed by atoms with E-state index in [2.05, 4.69) is 17.0 Å². The third kappa shape index (κ3) is 3.75. The number of benzene rings is 2. The molecule has 0 radical (unpaired) electrons. The van der Waals surface area contributed by atoms with Crippen LogP contribution in [0, 0.1) is 5.92 Å². The van der Waals surface area contributed by atoms with Gasteiger partial charge in [0.1, 0.15) is 6.04 Å². The van der Waals surface area contributed by atoms with Crippen molar-refractivity contribution < 1.29 is 14.4 Å². The SMILES string of the molecule is CC(C)C(C(=O)N1CCN(Cc2ccccc2)CC1)N1C(=O)c2ccccc2C1=O. The van der Waals surface area contributed by atoms with Crippen LogP contribution in [0.1, 0.15) is 40.1 Å². The monoisotopic (exact) mass is 405 g/mol. The highest BCUT2D eigenvalue weighted by molar-refractivity contribution is 6.22. The molecule has 6 nitrogen and oxygen atoms in total. The molecule has 0 bridgehead atoms. The number of piperazine rings is 1. The van der Waals surface area contributed by atoms with E-state index in [1.165, 1.54) is 10.5 Å². The Morgan fingerprint density at radius 1 is 0.833 bits per heavy atom. The lowest BCUT2D eigenvalue weighted by atomic mass is 10.0. The number of carbonyl (C=O) groups excluding carboxylic acids is 3. The van der Waals surface area contributed by atoms with E-state index in [0.717, 1.165) is 19.6 Å². The summed E-state index contributed by atoms with van der Waals surface area (Å²) >= 11 is 0. The van der Waals surface area contributed by atoms with E-state index < -0.39 is 6.04 Å². The molecule has 2 aliphatic rings. The van der Waals surface area contributed by atoms with E-state index in [1.807, 2.05) is 32.0 Å². The van der Waals surface area contributed by atoms with Crippen LogP contribution in [0.2, 0.25) is 0 Å². The lowest BCUT2D eigenvalue weighted by Crippen LogP contribution is -2.57. The minimum Gasteiger partial charge on any atom is -0.338 e. The van der Waals surface area contributed by atoms with Crippen LogP contribution in [0.3, 0.4) is 0 Å². The fraction of sp³-hybridized carbons (Fsp3) is 0.375. The van der Waals surface area contributed by atoms with Crippen LogP contribution in [0.15, 0.2) is 54.6 Å². The smallest absolute Gasteiger partial charge is 0.262 e. The molecule has 1 atom stereocenters. The molecule has 2 aliphatic heterocycles. The Labute approximate surface area is 177 Å². The van der Waals surface area contributed by atoms with E-state index in [-0.39, 0.29) is 23.6 Å². The minimum absolute atomic E-state index is 0.140. The van der Waals surface area contributed by atoms with Gasteiger partial charge in [-0.3, -0.25) is 24.2 Å². The maximum atomic E-state index is 13.4. The first-order chi connectivity index (χ1) is 14.5. The summed E-state index contributed by atoms with van der Waals surface area (Å²) in [4.78, 5) is 44.5. The Morgan fingerprint density at radius 2 is 1.37 bits per heavy atom. The summed E-state index contributed by atoms with van der Waals surface area (Å²) in [6, 6.07) is 16.3. The third-order valence-electron chi connectivity index (χ3n) is 5.92. The van der Waals surface area contributed by atoms with E-state index in [0.29, 0.717) is 24.2 Å². The van der Waals surface area contributed by atoms with Gasteiger partial charge in [-0.2, -0.15) is 0 Å². The van der Waals surface area contributed by atoms with Gasteiger partial charge in [0.25, 0.3) is 11.8 Å². The molecule has 1 saturated heterocycles. The summed E-state index contributed by atoms with van der Waals surface area (Å²) in [6.45, 7) is 7.36. The normalized spacial score (nSPS) is 18.1. The van der Waals surface area contributed by atoms with E-state index in [4.69, 9.17) is 0 Å². The number of nitrogens with zero attached hydrogens (tertiary/aromatic N) is 3. The first-order valence-corrected chi connectivity index (χ1v) is 10.5. The molecule has 2 heterocycles. The zero-order chi connectivity index (χ0) is 21.3. The van der Waals surface area contributed by atoms with Crippen molar-refractivity contribution in [3.8, 4) is 0 Å². The zero-order valence-corrected chi connectivity index (χ0v) is 17.5. The zero-order valence-electron chi connectivity index (χ0n) is 17.5. The molecule has 0 aromatic heterocycles. The maximum absolute atomic E-state index is 13.4. The van der Waals surface area contributed by atoms with Crippen molar-refractivity contribution in [2.24, 2.45) is 5.92 Å². The summed E-state index contributed by atoms with van der Waals surface area (Å²) in [5.41, 5.74) is 2.02. The molecule has 0 aliphatic carbocycles. The molecule has 0 spiro atoms. The van der Waals surface area contributed by atoms with Crippen LogP contribution in [-0.4, -0.2) is 64.6 Å². The van der Waals surface area contributed by atoms with Crippen molar-refractivity contribution in [3.63, 3.8) is 0 Å². The van der Waals surface area contributed by atoms with Crippen LogP contribution in [0.25, 0.3) is 0 Å². The molecule has 4 rings (SSSR count). The van der Waals surface area contributed by atoms with Crippen molar-refractivity contribution in [1.82, 2.24) is 14.7 Å². The number of amides is 3. The van der Waals surface area contributed by atoms with Crippen LogP contribution >= 0.6 is 0 Å². The second kappa shape index (κ2) is 8.40. The lowest BCUT2D eigenvalue weighted by molar-refractivity contribution is -0.138. The van der Waals surface area contributed by atoms with Gasteiger partial charge in [-0.05, 0) is 23.6 Å². The number of carbonyl (C=O) groups is 3. The van der Waals surface area contributed by atoms with Gasteiger partial charge >= 0.3 is 0 Å². The third-order valence-corrected chi connectivity index (χ3v) is 5.92. The van der Waals surface area contributed by atoms with Crippen LogP contribution in [-0.2, 0) is 11.3 Å². The Kier molecular flexibility index (Phi) is 5.68.